The fourth-order valence-electron chi connectivity index (χ4n) is 2.07. The Morgan fingerprint density at radius 3 is 2.74 bits per heavy atom. The van der Waals surface area contributed by atoms with Crippen molar-refractivity contribution >= 4 is 11.6 Å². The molecule has 2 aromatic rings. The molecule has 1 heterocycles. The lowest BCUT2D eigenvalue weighted by Gasteiger charge is -2.17. The number of nitrogens with zero attached hydrogens (tertiary/aromatic N) is 3. The van der Waals surface area contributed by atoms with Gasteiger partial charge in [0.1, 0.15) is 0 Å². The molecule has 2 rings (SSSR count). The Morgan fingerprint density at radius 2 is 2.11 bits per heavy atom. The molecular formula is C13H16N4O2. The van der Waals surface area contributed by atoms with Crippen LogP contribution in [0.4, 0.5) is 11.6 Å². The monoisotopic (exact) mass is 260 g/mol. The fourth-order valence-corrected chi connectivity index (χ4v) is 2.07. The zero-order chi connectivity index (χ0) is 14.0. The van der Waals surface area contributed by atoms with E-state index >= 15 is 0 Å². The number of aryl methyl sites for hydroxylation is 2. The first-order valence-electron chi connectivity index (χ1n) is 5.98. The van der Waals surface area contributed by atoms with Gasteiger partial charge in [0.05, 0.1) is 6.04 Å². The lowest BCUT2D eigenvalue weighted by molar-refractivity contribution is -0.388. The molecular weight excluding hydrogens is 244 g/mol. The van der Waals surface area contributed by atoms with Crippen molar-refractivity contribution in [3.8, 4) is 0 Å². The van der Waals surface area contributed by atoms with E-state index in [1.807, 2.05) is 38.1 Å². The van der Waals surface area contributed by atoms with Gasteiger partial charge in [0.2, 0.25) is 12.1 Å². The molecule has 1 aromatic heterocycles. The fraction of sp³-hybridized carbons (Fsp3) is 0.308. The molecule has 19 heavy (non-hydrogen) atoms. The van der Waals surface area contributed by atoms with Gasteiger partial charge in [-0.3, -0.25) is 4.57 Å². The van der Waals surface area contributed by atoms with E-state index in [1.165, 1.54) is 6.33 Å². The predicted octanol–water partition coefficient (Wildman–Crippen LogP) is 2.81. The number of rotatable bonds is 4. The second-order valence-corrected chi connectivity index (χ2v) is 4.51. The standard InChI is InChI=1S/C13H16N4O2/c1-9-6-4-5-7-11(9)10(2)15-13-12(17(18)19)14-8-16(13)3/h4-8,10,15H,1-3H3. The third-order valence-electron chi connectivity index (χ3n) is 3.10. The van der Waals surface area contributed by atoms with Crippen LogP contribution < -0.4 is 5.32 Å². The Kier molecular flexibility index (Phi) is 3.50. The highest BCUT2D eigenvalue weighted by Crippen LogP contribution is 2.27. The molecule has 0 aliphatic rings. The highest BCUT2D eigenvalue weighted by Gasteiger charge is 2.22. The summed E-state index contributed by atoms with van der Waals surface area (Å²) in [7, 11) is 1.73. The summed E-state index contributed by atoms with van der Waals surface area (Å²) < 4.78 is 1.62. The van der Waals surface area contributed by atoms with Crippen LogP contribution in [0, 0.1) is 17.0 Å². The Labute approximate surface area is 111 Å². The van der Waals surface area contributed by atoms with E-state index in [2.05, 4.69) is 10.3 Å². The summed E-state index contributed by atoms with van der Waals surface area (Å²) in [6.07, 6.45) is 1.44. The second-order valence-electron chi connectivity index (χ2n) is 4.51. The maximum atomic E-state index is 10.9. The Hall–Kier alpha value is -2.37. The van der Waals surface area contributed by atoms with Gasteiger partial charge in [-0.25, -0.2) is 0 Å². The molecule has 0 spiro atoms. The molecule has 6 heteroatoms. The molecule has 0 aliphatic heterocycles. The minimum atomic E-state index is -0.479. The van der Waals surface area contributed by atoms with Crippen LogP contribution in [0.1, 0.15) is 24.1 Å². The molecule has 1 aromatic carbocycles. The van der Waals surface area contributed by atoms with Crippen LogP contribution in [0.15, 0.2) is 30.6 Å². The Balaban J connectivity index is 2.29. The second kappa shape index (κ2) is 5.09. The van der Waals surface area contributed by atoms with E-state index < -0.39 is 4.92 Å². The van der Waals surface area contributed by atoms with E-state index in [1.54, 1.807) is 11.6 Å². The maximum absolute atomic E-state index is 10.9. The SMILES string of the molecule is Cc1ccccc1C(C)Nc1c([N+](=O)[O-])ncn1C. The van der Waals surface area contributed by atoms with E-state index in [4.69, 9.17) is 0 Å². The third kappa shape index (κ3) is 2.57. The van der Waals surface area contributed by atoms with E-state index in [-0.39, 0.29) is 11.9 Å². The van der Waals surface area contributed by atoms with Crippen LogP contribution in [0.3, 0.4) is 0 Å². The summed E-state index contributed by atoms with van der Waals surface area (Å²) in [5.74, 6) is 0.267. The number of nitro groups is 1. The van der Waals surface area contributed by atoms with Crippen molar-refractivity contribution in [3.05, 3.63) is 51.8 Å². The molecule has 0 saturated heterocycles. The average molecular weight is 260 g/mol. The van der Waals surface area contributed by atoms with Gasteiger partial charge >= 0.3 is 5.82 Å². The van der Waals surface area contributed by atoms with Gasteiger partial charge in [-0.15, -0.1) is 0 Å². The summed E-state index contributed by atoms with van der Waals surface area (Å²) in [5.41, 5.74) is 2.25. The van der Waals surface area contributed by atoms with Crippen molar-refractivity contribution in [1.29, 1.82) is 0 Å². The van der Waals surface area contributed by atoms with Crippen LogP contribution in [-0.4, -0.2) is 14.5 Å². The molecule has 0 amide bonds. The van der Waals surface area contributed by atoms with Crippen molar-refractivity contribution in [1.82, 2.24) is 9.55 Å². The molecule has 0 saturated carbocycles. The molecule has 1 N–H and O–H groups in total. The van der Waals surface area contributed by atoms with Gasteiger partial charge in [-0.05, 0) is 34.9 Å². The van der Waals surface area contributed by atoms with Gasteiger partial charge in [0.15, 0.2) is 0 Å². The zero-order valence-corrected chi connectivity index (χ0v) is 11.1. The van der Waals surface area contributed by atoms with Gasteiger partial charge in [0, 0.05) is 7.05 Å². The Morgan fingerprint density at radius 1 is 1.42 bits per heavy atom. The smallest absolute Gasteiger partial charge is 0.358 e. The number of benzene rings is 1. The molecule has 1 atom stereocenters. The van der Waals surface area contributed by atoms with Gasteiger partial charge in [-0.1, -0.05) is 24.3 Å². The maximum Gasteiger partial charge on any atom is 0.406 e. The summed E-state index contributed by atoms with van der Waals surface area (Å²) in [6, 6.07) is 7.92. The van der Waals surface area contributed by atoms with Gasteiger partial charge in [-0.2, -0.15) is 0 Å². The number of anilines is 1. The molecule has 0 aliphatic carbocycles. The molecule has 6 nitrogen and oxygen atoms in total. The van der Waals surface area contributed by atoms with Crippen LogP contribution in [0.25, 0.3) is 0 Å². The van der Waals surface area contributed by atoms with Crippen LogP contribution in [-0.2, 0) is 7.05 Å². The molecule has 1 unspecified atom stereocenters. The number of hydrogen-bond donors (Lipinski definition) is 1. The van der Waals surface area contributed by atoms with Crippen molar-refractivity contribution in [2.75, 3.05) is 5.32 Å². The minimum Gasteiger partial charge on any atom is -0.358 e. The summed E-state index contributed by atoms with van der Waals surface area (Å²) in [4.78, 5) is 14.2. The number of nitrogens with one attached hydrogen (secondary N) is 1. The van der Waals surface area contributed by atoms with Crippen molar-refractivity contribution < 1.29 is 4.92 Å². The largest absolute Gasteiger partial charge is 0.406 e. The van der Waals surface area contributed by atoms with Crippen molar-refractivity contribution in [3.63, 3.8) is 0 Å². The average Bonchev–Trinajstić information content (AvgIpc) is 2.71. The first-order chi connectivity index (χ1) is 9.00. The van der Waals surface area contributed by atoms with E-state index in [0.717, 1.165) is 11.1 Å². The van der Waals surface area contributed by atoms with Crippen LogP contribution >= 0.6 is 0 Å². The number of imidazole rings is 1. The molecule has 0 radical (unpaired) electrons. The quantitative estimate of drug-likeness (QED) is 0.677. The highest BCUT2D eigenvalue weighted by atomic mass is 16.6. The number of aromatic nitrogens is 2. The zero-order valence-electron chi connectivity index (χ0n) is 11.1. The predicted molar refractivity (Wildman–Crippen MR) is 73.1 cm³/mol. The lowest BCUT2D eigenvalue weighted by Crippen LogP contribution is -2.11. The third-order valence-corrected chi connectivity index (χ3v) is 3.10. The van der Waals surface area contributed by atoms with Crippen LogP contribution in [0.5, 0.6) is 0 Å². The van der Waals surface area contributed by atoms with E-state index in [9.17, 15) is 10.1 Å². The van der Waals surface area contributed by atoms with Crippen molar-refractivity contribution in [2.24, 2.45) is 7.05 Å². The Bertz CT molecular complexity index is 606. The minimum absolute atomic E-state index is 0.0321. The summed E-state index contributed by atoms with van der Waals surface area (Å²) in [6.45, 7) is 3.99. The summed E-state index contributed by atoms with van der Waals surface area (Å²) >= 11 is 0. The van der Waals surface area contributed by atoms with Gasteiger partial charge in [0.25, 0.3) is 0 Å². The molecule has 0 fully saturated rings. The molecule has 0 bridgehead atoms. The number of hydrogen-bond acceptors (Lipinski definition) is 4. The first kappa shape index (κ1) is 13.1. The van der Waals surface area contributed by atoms with Gasteiger partial charge < -0.3 is 15.4 Å². The van der Waals surface area contributed by atoms with E-state index in [0.29, 0.717) is 5.82 Å². The molecule has 100 valence electrons. The lowest BCUT2D eigenvalue weighted by atomic mass is 10.0. The topological polar surface area (TPSA) is 73.0 Å². The van der Waals surface area contributed by atoms with Crippen molar-refractivity contribution in [2.45, 2.75) is 19.9 Å². The first-order valence-corrected chi connectivity index (χ1v) is 5.98. The highest BCUT2D eigenvalue weighted by molar-refractivity contribution is 5.53. The summed E-state index contributed by atoms with van der Waals surface area (Å²) in [5, 5.41) is 14.1. The normalized spacial score (nSPS) is 12.2. The van der Waals surface area contributed by atoms with Crippen LogP contribution in [0.2, 0.25) is 0 Å².